The van der Waals surface area contributed by atoms with Crippen LogP contribution in [-0.2, 0) is 6.61 Å². The van der Waals surface area contributed by atoms with Crippen molar-refractivity contribution in [2.45, 2.75) is 19.6 Å². The van der Waals surface area contributed by atoms with E-state index in [1.54, 1.807) is 19.2 Å². The zero-order valence-corrected chi connectivity index (χ0v) is 15.5. The Morgan fingerprint density at radius 3 is 2.48 bits per heavy atom. The van der Waals surface area contributed by atoms with E-state index in [0.717, 1.165) is 16.9 Å². The number of ether oxygens (including phenoxy) is 2. The van der Waals surface area contributed by atoms with Crippen molar-refractivity contribution in [1.82, 2.24) is 5.32 Å². The molecule has 0 aliphatic heterocycles. The van der Waals surface area contributed by atoms with Crippen LogP contribution < -0.4 is 14.8 Å². The molecule has 3 aromatic carbocycles. The lowest BCUT2D eigenvalue weighted by molar-refractivity contribution is 0.0939. The van der Waals surface area contributed by atoms with Crippen LogP contribution in [0.3, 0.4) is 0 Å². The number of hydrogen-bond donors (Lipinski definition) is 1. The summed E-state index contributed by atoms with van der Waals surface area (Å²) in [5, 5.41) is 3.01. The van der Waals surface area contributed by atoms with Gasteiger partial charge in [-0.2, -0.15) is 0 Å². The van der Waals surface area contributed by atoms with Crippen molar-refractivity contribution in [3.8, 4) is 11.5 Å². The largest absolute Gasteiger partial charge is 0.496 e. The first kappa shape index (κ1) is 18.5. The van der Waals surface area contributed by atoms with Crippen LogP contribution in [0.2, 0.25) is 0 Å². The van der Waals surface area contributed by atoms with Gasteiger partial charge in [0.25, 0.3) is 5.91 Å². The summed E-state index contributed by atoms with van der Waals surface area (Å²) in [5.41, 5.74) is 2.57. The standard InChI is InChI=1S/C23H23NO3/c1-17(21-13-6-7-14-22(21)26-2)24-23(25)19-11-8-12-20(15-19)27-16-18-9-4-3-5-10-18/h3-15,17H,16H2,1-2H3,(H,24,25). The van der Waals surface area contributed by atoms with Gasteiger partial charge in [-0.3, -0.25) is 4.79 Å². The van der Waals surface area contributed by atoms with Crippen LogP contribution in [0.5, 0.6) is 11.5 Å². The fourth-order valence-electron chi connectivity index (χ4n) is 2.85. The summed E-state index contributed by atoms with van der Waals surface area (Å²) >= 11 is 0. The Hall–Kier alpha value is -3.27. The first-order chi connectivity index (χ1) is 13.2. The zero-order chi connectivity index (χ0) is 19.1. The maximum absolute atomic E-state index is 12.6. The van der Waals surface area contributed by atoms with Gasteiger partial charge in [0, 0.05) is 11.1 Å². The highest BCUT2D eigenvalue weighted by atomic mass is 16.5. The molecule has 1 unspecified atom stereocenters. The molecule has 27 heavy (non-hydrogen) atoms. The Kier molecular flexibility index (Phi) is 6.10. The average molecular weight is 361 g/mol. The molecule has 0 saturated carbocycles. The summed E-state index contributed by atoms with van der Waals surface area (Å²) in [4.78, 5) is 12.6. The summed E-state index contributed by atoms with van der Waals surface area (Å²) in [7, 11) is 1.63. The summed E-state index contributed by atoms with van der Waals surface area (Å²) in [5.74, 6) is 1.26. The minimum absolute atomic E-state index is 0.154. The minimum Gasteiger partial charge on any atom is -0.496 e. The van der Waals surface area contributed by atoms with Crippen LogP contribution in [0.1, 0.15) is 34.5 Å². The maximum Gasteiger partial charge on any atom is 0.251 e. The van der Waals surface area contributed by atoms with Crippen LogP contribution in [0.4, 0.5) is 0 Å². The fourth-order valence-corrected chi connectivity index (χ4v) is 2.85. The van der Waals surface area contributed by atoms with Crippen molar-refractivity contribution < 1.29 is 14.3 Å². The Morgan fingerprint density at radius 2 is 1.70 bits per heavy atom. The molecule has 0 fully saturated rings. The van der Waals surface area contributed by atoms with Crippen molar-refractivity contribution in [2.75, 3.05) is 7.11 Å². The molecule has 4 nitrogen and oxygen atoms in total. The average Bonchev–Trinajstić information content (AvgIpc) is 2.73. The molecule has 1 amide bonds. The number of benzene rings is 3. The summed E-state index contributed by atoms with van der Waals surface area (Å²) < 4.78 is 11.2. The number of rotatable bonds is 7. The number of methoxy groups -OCH3 is 1. The predicted octanol–water partition coefficient (Wildman–Crippen LogP) is 4.77. The van der Waals surface area contributed by atoms with Crippen LogP contribution in [-0.4, -0.2) is 13.0 Å². The highest BCUT2D eigenvalue weighted by Crippen LogP contribution is 2.25. The molecule has 0 spiro atoms. The van der Waals surface area contributed by atoms with Gasteiger partial charge in [-0.1, -0.05) is 54.6 Å². The molecular formula is C23H23NO3. The second-order valence-corrected chi connectivity index (χ2v) is 6.24. The van der Waals surface area contributed by atoms with Gasteiger partial charge < -0.3 is 14.8 Å². The molecular weight excluding hydrogens is 338 g/mol. The fraction of sp³-hybridized carbons (Fsp3) is 0.174. The van der Waals surface area contributed by atoms with E-state index >= 15 is 0 Å². The first-order valence-corrected chi connectivity index (χ1v) is 8.88. The lowest BCUT2D eigenvalue weighted by Gasteiger charge is -2.17. The second kappa shape index (κ2) is 8.90. The van der Waals surface area contributed by atoms with Gasteiger partial charge in [-0.05, 0) is 36.8 Å². The minimum atomic E-state index is -0.178. The lowest BCUT2D eigenvalue weighted by atomic mass is 10.1. The van der Waals surface area contributed by atoms with Gasteiger partial charge in [0.05, 0.1) is 13.2 Å². The third-order valence-corrected chi connectivity index (χ3v) is 4.30. The number of nitrogens with one attached hydrogen (secondary N) is 1. The molecule has 0 aliphatic carbocycles. The number of hydrogen-bond acceptors (Lipinski definition) is 3. The van der Waals surface area contributed by atoms with Crippen LogP contribution in [0.15, 0.2) is 78.9 Å². The molecule has 0 radical (unpaired) electrons. The van der Waals surface area contributed by atoms with E-state index in [1.165, 1.54) is 0 Å². The van der Waals surface area contributed by atoms with Gasteiger partial charge in [0.15, 0.2) is 0 Å². The van der Waals surface area contributed by atoms with Gasteiger partial charge >= 0.3 is 0 Å². The molecule has 0 aromatic heterocycles. The van der Waals surface area contributed by atoms with Gasteiger partial charge in [0.1, 0.15) is 18.1 Å². The predicted molar refractivity (Wildman–Crippen MR) is 106 cm³/mol. The monoisotopic (exact) mass is 361 g/mol. The number of carbonyl (C=O) groups excluding carboxylic acids is 1. The Morgan fingerprint density at radius 1 is 0.963 bits per heavy atom. The molecule has 0 heterocycles. The van der Waals surface area contributed by atoms with Gasteiger partial charge in [0.2, 0.25) is 0 Å². The summed E-state index contributed by atoms with van der Waals surface area (Å²) in [6, 6.07) is 24.6. The molecule has 4 heteroatoms. The molecule has 138 valence electrons. The molecule has 1 N–H and O–H groups in total. The smallest absolute Gasteiger partial charge is 0.251 e. The van der Waals surface area contributed by atoms with E-state index in [0.29, 0.717) is 17.9 Å². The van der Waals surface area contributed by atoms with Crippen molar-refractivity contribution >= 4 is 5.91 Å². The van der Waals surface area contributed by atoms with Crippen molar-refractivity contribution in [3.63, 3.8) is 0 Å². The van der Waals surface area contributed by atoms with E-state index in [1.807, 2.05) is 73.7 Å². The van der Waals surface area contributed by atoms with E-state index in [2.05, 4.69) is 5.32 Å². The lowest BCUT2D eigenvalue weighted by Crippen LogP contribution is -2.26. The van der Waals surface area contributed by atoms with Crippen LogP contribution in [0, 0.1) is 0 Å². The highest BCUT2D eigenvalue weighted by molar-refractivity contribution is 5.94. The topological polar surface area (TPSA) is 47.6 Å². The zero-order valence-electron chi connectivity index (χ0n) is 15.5. The third-order valence-electron chi connectivity index (χ3n) is 4.30. The molecule has 3 rings (SSSR count). The molecule has 3 aromatic rings. The molecule has 0 aliphatic rings. The SMILES string of the molecule is COc1ccccc1C(C)NC(=O)c1cccc(OCc2ccccc2)c1. The van der Waals surface area contributed by atoms with Crippen molar-refractivity contribution in [2.24, 2.45) is 0 Å². The summed E-state index contributed by atoms with van der Waals surface area (Å²) in [6.07, 6.45) is 0. The van der Waals surface area contributed by atoms with E-state index in [4.69, 9.17) is 9.47 Å². The normalized spacial score (nSPS) is 11.5. The van der Waals surface area contributed by atoms with E-state index in [-0.39, 0.29) is 11.9 Å². The number of amides is 1. The van der Waals surface area contributed by atoms with E-state index in [9.17, 15) is 4.79 Å². The molecule has 0 bridgehead atoms. The maximum atomic E-state index is 12.6. The Labute approximate surface area is 159 Å². The molecule has 0 saturated heterocycles. The third kappa shape index (κ3) is 4.88. The van der Waals surface area contributed by atoms with Crippen molar-refractivity contribution in [3.05, 3.63) is 95.6 Å². The van der Waals surface area contributed by atoms with Gasteiger partial charge in [-0.25, -0.2) is 0 Å². The highest BCUT2D eigenvalue weighted by Gasteiger charge is 2.15. The molecule has 1 atom stereocenters. The van der Waals surface area contributed by atoms with Gasteiger partial charge in [-0.15, -0.1) is 0 Å². The Bertz CT molecular complexity index is 893. The first-order valence-electron chi connectivity index (χ1n) is 8.88. The Balaban J connectivity index is 1.66. The van der Waals surface area contributed by atoms with E-state index < -0.39 is 0 Å². The van der Waals surface area contributed by atoms with Crippen LogP contribution in [0.25, 0.3) is 0 Å². The number of carbonyl (C=O) groups is 1. The number of para-hydroxylation sites is 1. The summed E-state index contributed by atoms with van der Waals surface area (Å²) in [6.45, 7) is 2.40. The van der Waals surface area contributed by atoms with Crippen LogP contribution >= 0.6 is 0 Å². The van der Waals surface area contributed by atoms with Crippen molar-refractivity contribution in [1.29, 1.82) is 0 Å². The quantitative estimate of drug-likeness (QED) is 0.660. The second-order valence-electron chi connectivity index (χ2n) is 6.24.